The monoisotopic (exact) mass is 700 g/mol. The fourth-order valence-corrected chi connectivity index (χ4v) is 7.69. The van der Waals surface area contributed by atoms with Crippen molar-refractivity contribution in [3.63, 3.8) is 0 Å². The van der Waals surface area contributed by atoms with Crippen LogP contribution in [0.5, 0.6) is 0 Å². The van der Waals surface area contributed by atoms with Crippen LogP contribution in [0.15, 0.2) is 194 Å². The van der Waals surface area contributed by atoms with Gasteiger partial charge >= 0.3 is 0 Å². The standard InChI is InChI=1S/C51H32N4/c52-33-34-12-11-19-38(26-34)42-28-43(48-32-47(36-14-3-1-4-15-36)53-51(54-48)37-16-5-2-6-17-37)30-44(29-42)55-49-21-10-9-20-45(49)46-25-24-41(31-50(46)55)40-23-22-35-13-7-8-18-39(35)27-40/h1-32H. The zero-order valence-electron chi connectivity index (χ0n) is 29.8. The van der Waals surface area contributed by atoms with Crippen LogP contribution in [0, 0.1) is 11.3 Å². The molecule has 256 valence electrons. The highest BCUT2D eigenvalue weighted by molar-refractivity contribution is 6.10. The SMILES string of the molecule is N#Cc1cccc(-c2cc(-c3cc(-c4ccccc4)nc(-c4ccccc4)n3)cc(-n3c4ccccc4c4ccc(-c5ccc6ccccc6c5)cc43)c2)c1. The predicted molar refractivity (Wildman–Crippen MR) is 226 cm³/mol. The van der Waals surface area contributed by atoms with Crippen LogP contribution in [0.4, 0.5) is 0 Å². The molecule has 2 aromatic heterocycles. The summed E-state index contributed by atoms with van der Waals surface area (Å²) in [5, 5.41) is 14.7. The summed E-state index contributed by atoms with van der Waals surface area (Å²) in [7, 11) is 0. The van der Waals surface area contributed by atoms with Crippen LogP contribution in [0.25, 0.3) is 94.4 Å². The van der Waals surface area contributed by atoms with Crippen molar-refractivity contribution in [1.82, 2.24) is 14.5 Å². The van der Waals surface area contributed by atoms with E-state index in [0.717, 1.165) is 61.5 Å². The zero-order chi connectivity index (χ0) is 36.7. The number of benzene rings is 8. The molecule has 0 bridgehead atoms. The molecule has 4 heteroatoms. The van der Waals surface area contributed by atoms with Crippen molar-refractivity contribution in [3.8, 4) is 67.9 Å². The van der Waals surface area contributed by atoms with E-state index >= 15 is 0 Å². The van der Waals surface area contributed by atoms with E-state index in [1.54, 1.807) is 0 Å². The van der Waals surface area contributed by atoms with Gasteiger partial charge in [-0.15, -0.1) is 0 Å². The lowest BCUT2D eigenvalue weighted by atomic mass is 9.98. The number of hydrogen-bond acceptors (Lipinski definition) is 3. The van der Waals surface area contributed by atoms with Crippen LogP contribution in [0.3, 0.4) is 0 Å². The van der Waals surface area contributed by atoms with Gasteiger partial charge in [-0.05, 0) is 87.6 Å². The number of rotatable bonds is 6. The number of nitrogens with zero attached hydrogens (tertiary/aromatic N) is 4. The number of fused-ring (bicyclic) bond motifs is 4. The maximum Gasteiger partial charge on any atom is 0.160 e. The van der Waals surface area contributed by atoms with Crippen LogP contribution in [0.2, 0.25) is 0 Å². The lowest BCUT2D eigenvalue weighted by molar-refractivity contribution is 1.16. The van der Waals surface area contributed by atoms with Gasteiger partial charge < -0.3 is 4.57 Å². The van der Waals surface area contributed by atoms with Gasteiger partial charge in [0, 0.05) is 33.2 Å². The summed E-state index contributed by atoms with van der Waals surface area (Å²) in [5.74, 6) is 0.660. The molecule has 4 nitrogen and oxygen atoms in total. The highest BCUT2D eigenvalue weighted by Gasteiger charge is 2.18. The molecule has 0 unspecified atom stereocenters. The predicted octanol–water partition coefficient (Wildman–Crippen LogP) is 12.9. The van der Waals surface area contributed by atoms with Crippen LogP contribution >= 0.6 is 0 Å². The van der Waals surface area contributed by atoms with Crippen molar-refractivity contribution in [2.45, 2.75) is 0 Å². The van der Waals surface area contributed by atoms with Crippen LogP contribution in [0.1, 0.15) is 5.56 Å². The summed E-state index contributed by atoms with van der Waals surface area (Å²) in [6.45, 7) is 0. The molecule has 2 heterocycles. The third-order valence-corrected chi connectivity index (χ3v) is 10.4. The minimum absolute atomic E-state index is 0.612. The maximum atomic E-state index is 9.87. The first-order chi connectivity index (χ1) is 27.2. The highest BCUT2D eigenvalue weighted by Crippen LogP contribution is 2.39. The summed E-state index contributed by atoms with van der Waals surface area (Å²) < 4.78 is 2.37. The second-order valence-electron chi connectivity index (χ2n) is 13.8. The Balaban J connectivity index is 1.24. The third kappa shape index (κ3) is 5.91. The smallest absolute Gasteiger partial charge is 0.160 e. The molecule has 0 saturated carbocycles. The van der Waals surface area contributed by atoms with E-state index in [1.807, 2.05) is 66.7 Å². The maximum absolute atomic E-state index is 9.87. The third-order valence-electron chi connectivity index (χ3n) is 10.4. The molecule has 0 amide bonds. The van der Waals surface area contributed by atoms with Crippen molar-refractivity contribution in [2.75, 3.05) is 0 Å². The fourth-order valence-electron chi connectivity index (χ4n) is 7.69. The Morgan fingerprint density at radius 2 is 1.00 bits per heavy atom. The van der Waals surface area contributed by atoms with E-state index in [1.165, 1.54) is 27.1 Å². The van der Waals surface area contributed by atoms with Crippen molar-refractivity contribution in [3.05, 3.63) is 200 Å². The van der Waals surface area contributed by atoms with E-state index < -0.39 is 0 Å². The minimum Gasteiger partial charge on any atom is -0.309 e. The molecule has 0 N–H and O–H groups in total. The Bertz CT molecular complexity index is 3040. The Morgan fingerprint density at radius 3 is 1.82 bits per heavy atom. The van der Waals surface area contributed by atoms with Gasteiger partial charge in [0.05, 0.1) is 34.1 Å². The average Bonchev–Trinajstić information content (AvgIpc) is 3.60. The quantitative estimate of drug-likeness (QED) is 0.173. The number of para-hydroxylation sites is 1. The number of hydrogen-bond donors (Lipinski definition) is 0. The Kier molecular flexibility index (Phi) is 7.83. The fraction of sp³-hybridized carbons (Fsp3) is 0. The van der Waals surface area contributed by atoms with E-state index in [2.05, 4.69) is 138 Å². The van der Waals surface area contributed by atoms with Gasteiger partial charge in [-0.2, -0.15) is 5.26 Å². The number of aromatic nitrogens is 3. The molecule has 10 aromatic rings. The van der Waals surface area contributed by atoms with Crippen LogP contribution < -0.4 is 0 Å². The lowest BCUT2D eigenvalue weighted by Crippen LogP contribution is -1.99. The molecule has 0 aliphatic carbocycles. The summed E-state index contributed by atoms with van der Waals surface area (Å²) >= 11 is 0. The Hall–Kier alpha value is -7.61. The van der Waals surface area contributed by atoms with Gasteiger partial charge in [0.25, 0.3) is 0 Å². The molecule has 55 heavy (non-hydrogen) atoms. The summed E-state index contributed by atoms with van der Waals surface area (Å²) in [6, 6.07) is 69.9. The average molecular weight is 701 g/mol. The Morgan fingerprint density at radius 1 is 0.382 bits per heavy atom. The van der Waals surface area contributed by atoms with Crippen molar-refractivity contribution >= 4 is 32.6 Å². The summed E-state index contributed by atoms with van der Waals surface area (Å²) in [4.78, 5) is 10.3. The Labute approximate surface area is 318 Å². The highest BCUT2D eigenvalue weighted by atomic mass is 15.0. The minimum atomic E-state index is 0.612. The molecule has 0 fully saturated rings. The first-order valence-electron chi connectivity index (χ1n) is 18.4. The van der Waals surface area contributed by atoms with Gasteiger partial charge in [0.15, 0.2) is 5.82 Å². The molecule has 0 spiro atoms. The van der Waals surface area contributed by atoms with Crippen LogP contribution in [-0.4, -0.2) is 14.5 Å². The first-order valence-corrected chi connectivity index (χ1v) is 18.4. The van der Waals surface area contributed by atoms with Crippen LogP contribution in [-0.2, 0) is 0 Å². The normalized spacial score (nSPS) is 11.3. The molecule has 10 rings (SSSR count). The van der Waals surface area contributed by atoms with E-state index in [4.69, 9.17) is 9.97 Å². The molecule has 0 atom stereocenters. The molecule has 0 saturated heterocycles. The first kappa shape index (κ1) is 32.1. The van der Waals surface area contributed by atoms with Gasteiger partial charge in [0.2, 0.25) is 0 Å². The van der Waals surface area contributed by atoms with Crippen molar-refractivity contribution in [2.24, 2.45) is 0 Å². The second-order valence-corrected chi connectivity index (χ2v) is 13.8. The van der Waals surface area contributed by atoms with Crippen molar-refractivity contribution in [1.29, 1.82) is 5.26 Å². The van der Waals surface area contributed by atoms with Gasteiger partial charge in [0.1, 0.15) is 0 Å². The topological polar surface area (TPSA) is 54.5 Å². The number of nitriles is 1. The largest absolute Gasteiger partial charge is 0.309 e. The molecule has 8 aromatic carbocycles. The van der Waals surface area contributed by atoms with Gasteiger partial charge in [-0.1, -0.05) is 140 Å². The van der Waals surface area contributed by atoms with E-state index in [0.29, 0.717) is 11.4 Å². The molecule has 0 aliphatic heterocycles. The second kappa shape index (κ2) is 13.4. The summed E-state index contributed by atoms with van der Waals surface area (Å²) in [6.07, 6.45) is 0. The molecule has 0 radical (unpaired) electrons. The molecular weight excluding hydrogens is 669 g/mol. The lowest BCUT2D eigenvalue weighted by Gasteiger charge is -2.15. The van der Waals surface area contributed by atoms with Crippen molar-refractivity contribution < 1.29 is 0 Å². The van der Waals surface area contributed by atoms with E-state index in [9.17, 15) is 5.26 Å². The molecule has 0 aliphatic rings. The summed E-state index contributed by atoms with van der Waals surface area (Å²) in [5.41, 5.74) is 12.7. The van der Waals surface area contributed by atoms with Gasteiger partial charge in [-0.3, -0.25) is 0 Å². The zero-order valence-corrected chi connectivity index (χ0v) is 29.8. The van der Waals surface area contributed by atoms with E-state index in [-0.39, 0.29) is 0 Å². The van der Waals surface area contributed by atoms with Gasteiger partial charge in [-0.25, -0.2) is 9.97 Å². The molecular formula is C51H32N4.